The van der Waals surface area contributed by atoms with Crippen LogP contribution in [0.25, 0.3) is 0 Å². The van der Waals surface area contributed by atoms with E-state index in [-0.39, 0.29) is 0 Å². The molecule has 0 radical (unpaired) electrons. The standard InChI is InChI=1S/C6H13N.C2H6/c1-4-5-7-6(2)3;1-2/h4-5H2,1-3H3;1-2H3. The molecule has 0 aromatic heterocycles. The molecule has 0 aliphatic heterocycles. The maximum atomic E-state index is 4.16. The third kappa shape index (κ3) is 18.3. The fourth-order valence-electron chi connectivity index (χ4n) is 0.335. The lowest BCUT2D eigenvalue weighted by molar-refractivity contribution is 0.930. The van der Waals surface area contributed by atoms with Crippen LogP contribution in [0.1, 0.15) is 41.0 Å². The Hall–Kier alpha value is -0.330. The van der Waals surface area contributed by atoms with Gasteiger partial charge < -0.3 is 0 Å². The van der Waals surface area contributed by atoms with Crippen molar-refractivity contribution in [3.05, 3.63) is 0 Å². The first-order chi connectivity index (χ1) is 4.27. The Kier molecular flexibility index (Phi) is 13.5. The molecular weight excluding hydrogens is 110 g/mol. The molecule has 0 bridgehead atoms. The first-order valence-corrected chi connectivity index (χ1v) is 3.75. The molecule has 0 aromatic rings. The van der Waals surface area contributed by atoms with Crippen molar-refractivity contribution >= 4 is 5.71 Å². The van der Waals surface area contributed by atoms with Gasteiger partial charge in [0.25, 0.3) is 0 Å². The molecule has 0 unspecified atom stereocenters. The summed E-state index contributed by atoms with van der Waals surface area (Å²) in [5.41, 5.74) is 1.18. The summed E-state index contributed by atoms with van der Waals surface area (Å²) in [6, 6.07) is 0. The molecule has 0 N–H and O–H groups in total. The van der Waals surface area contributed by atoms with E-state index in [1.165, 1.54) is 5.71 Å². The van der Waals surface area contributed by atoms with Gasteiger partial charge in [-0.1, -0.05) is 20.8 Å². The van der Waals surface area contributed by atoms with Crippen LogP contribution in [0.15, 0.2) is 4.99 Å². The van der Waals surface area contributed by atoms with Crippen molar-refractivity contribution in [3.8, 4) is 0 Å². The molecular formula is C8H19N. The van der Waals surface area contributed by atoms with Crippen LogP contribution in [0.3, 0.4) is 0 Å². The van der Waals surface area contributed by atoms with Crippen molar-refractivity contribution in [2.45, 2.75) is 41.0 Å². The van der Waals surface area contributed by atoms with E-state index in [1.807, 2.05) is 27.7 Å². The van der Waals surface area contributed by atoms with Crippen LogP contribution in [0, 0.1) is 0 Å². The van der Waals surface area contributed by atoms with Crippen LogP contribution in [0.4, 0.5) is 0 Å². The molecule has 1 heteroatoms. The first kappa shape index (κ1) is 11.5. The lowest BCUT2D eigenvalue weighted by atomic mass is 10.4. The van der Waals surface area contributed by atoms with Gasteiger partial charge in [-0.2, -0.15) is 0 Å². The fourth-order valence-corrected chi connectivity index (χ4v) is 0.335. The second-order valence-electron chi connectivity index (χ2n) is 1.83. The molecule has 0 fully saturated rings. The molecule has 0 saturated carbocycles. The van der Waals surface area contributed by atoms with Crippen LogP contribution in [-0.4, -0.2) is 12.3 Å². The Morgan fingerprint density at radius 2 is 1.67 bits per heavy atom. The molecule has 0 spiro atoms. The molecule has 1 nitrogen and oxygen atoms in total. The van der Waals surface area contributed by atoms with E-state index in [0.29, 0.717) is 0 Å². The Morgan fingerprint density at radius 3 is 1.78 bits per heavy atom. The van der Waals surface area contributed by atoms with Gasteiger partial charge in [0.15, 0.2) is 0 Å². The summed E-state index contributed by atoms with van der Waals surface area (Å²) >= 11 is 0. The van der Waals surface area contributed by atoms with E-state index in [4.69, 9.17) is 0 Å². The van der Waals surface area contributed by atoms with Gasteiger partial charge in [0, 0.05) is 12.3 Å². The maximum Gasteiger partial charge on any atom is 0.0385 e. The number of nitrogens with zero attached hydrogens (tertiary/aromatic N) is 1. The Balaban J connectivity index is 0. The number of aliphatic imine (C=N–C) groups is 1. The van der Waals surface area contributed by atoms with Crippen molar-refractivity contribution in [2.75, 3.05) is 6.54 Å². The summed E-state index contributed by atoms with van der Waals surface area (Å²) in [7, 11) is 0. The SMILES string of the molecule is CC.CCCN=C(C)C. The average molecular weight is 129 g/mol. The largest absolute Gasteiger partial charge is 0.295 e. The van der Waals surface area contributed by atoms with E-state index < -0.39 is 0 Å². The van der Waals surface area contributed by atoms with Gasteiger partial charge in [-0.25, -0.2) is 0 Å². The highest BCUT2D eigenvalue weighted by molar-refractivity contribution is 5.78. The maximum absolute atomic E-state index is 4.16. The normalized spacial score (nSPS) is 7.22. The van der Waals surface area contributed by atoms with Crippen LogP contribution in [-0.2, 0) is 0 Å². The van der Waals surface area contributed by atoms with E-state index >= 15 is 0 Å². The van der Waals surface area contributed by atoms with Gasteiger partial charge in [-0.05, 0) is 20.3 Å². The molecule has 0 aromatic carbocycles. The summed E-state index contributed by atoms with van der Waals surface area (Å²) in [6.45, 7) is 11.2. The highest BCUT2D eigenvalue weighted by atomic mass is 14.7. The predicted molar refractivity (Wildman–Crippen MR) is 45.3 cm³/mol. The monoisotopic (exact) mass is 129 g/mol. The smallest absolute Gasteiger partial charge is 0.0385 e. The number of rotatable bonds is 2. The lowest BCUT2D eigenvalue weighted by Gasteiger charge is -1.85. The van der Waals surface area contributed by atoms with Gasteiger partial charge in [-0.15, -0.1) is 0 Å². The van der Waals surface area contributed by atoms with Gasteiger partial charge >= 0.3 is 0 Å². The van der Waals surface area contributed by atoms with Crippen LogP contribution < -0.4 is 0 Å². The summed E-state index contributed by atoms with van der Waals surface area (Å²) in [5.74, 6) is 0. The predicted octanol–water partition coefficient (Wildman–Crippen LogP) is 2.90. The van der Waals surface area contributed by atoms with E-state index in [1.54, 1.807) is 0 Å². The number of hydrogen-bond acceptors (Lipinski definition) is 1. The van der Waals surface area contributed by atoms with E-state index in [2.05, 4.69) is 11.9 Å². The van der Waals surface area contributed by atoms with Crippen molar-refractivity contribution in [3.63, 3.8) is 0 Å². The van der Waals surface area contributed by atoms with Crippen molar-refractivity contribution in [2.24, 2.45) is 4.99 Å². The highest BCUT2D eigenvalue weighted by Gasteiger charge is 1.73. The van der Waals surface area contributed by atoms with E-state index in [9.17, 15) is 0 Å². The molecule has 0 heterocycles. The van der Waals surface area contributed by atoms with Crippen molar-refractivity contribution in [1.82, 2.24) is 0 Å². The molecule has 56 valence electrons. The fraction of sp³-hybridized carbons (Fsp3) is 0.875. The Morgan fingerprint density at radius 1 is 1.22 bits per heavy atom. The zero-order chi connectivity index (χ0) is 7.70. The lowest BCUT2D eigenvalue weighted by Crippen LogP contribution is -1.82. The molecule has 0 rings (SSSR count). The molecule has 0 aliphatic rings. The van der Waals surface area contributed by atoms with Crippen LogP contribution in [0.2, 0.25) is 0 Å². The summed E-state index contributed by atoms with van der Waals surface area (Å²) in [5, 5.41) is 0. The molecule has 0 aliphatic carbocycles. The second kappa shape index (κ2) is 10.6. The van der Waals surface area contributed by atoms with Crippen molar-refractivity contribution in [1.29, 1.82) is 0 Å². The minimum absolute atomic E-state index is 0.988. The Labute approximate surface area is 59.2 Å². The summed E-state index contributed by atoms with van der Waals surface area (Å²) in [4.78, 5) is 4.16. The number of hydrogen-bond donors (Lipinski definition) is 0. The minimum Gasteiger partial charge on any atom is -0.295 e. The highest BCUT2D eigenvalue weighted by Crippen LogP contribution is 1.78. The summed E-state index contributed by atoms with van der Waals surface area (Å²) in [6.07, 6.45) is 1.16. The quantitative estimate of drug-likeness (QED) is 0.508. The first-order valence-electron chi connectivity index (χ1n) is 3.75. The zero-order valence-corrected chi connectivity index (χ0v) is 7.36. The third-order valence-corrected chi connectivity index (χ3v) is 0.652. The van der Waals surface area contributed by atoms with Gasteiger partial charge in [0.1, 0.15) is 0 Å². The van der Waals surface area contributed by atoms with Crippen LogP contribution in [0.5, 0.6) is 0 Å². The topological polar surface area (TPSA) is 12.4 Å². The van der Waals surface area contributed by atoms with Gasteiger partial charge in [0.2, 0.25) is 0 Å². The minimum atomic E-state index is 0.988. The van der Waals surface area contributed by atoms with E-state index in [0.717, 1.165) is 13.0 Å². The average Bonchev–Trinajstić information content (AvgIpc) is 1.88. The zero-order valence-electron chi connectivity index (χ0n) is 7.36. The molecule has 0 saturated heterocycles. The molecule has 0 atom stereocenters. The van der Waals surface area contributed by atoms with Gasteiger partial charge in [0.05, 0.1) is 0 Å². The van der Waals surface area contributed by atoms with Gasteiger partial charge in [-0.3, -0.25) is 4.99 Å². The molecule has 9 heavy (non-hydrogen) atoms. The summed E-state index contributed by atoms with van der Waals surface area (Å²) < 4.78 is 0. The third-order valence-electron chi connectivity index (χ3n) is 0.652. The Bertz CT molecular complexity index is 61.0. The molecule has 0 amide bonds. The van der Waals surface area contributed by atoms with Crippen molar-refractivity contribution < 1.29 is 0 Å². The second-order valence-corrected chi connectivity index (χ2v) is 1.83. The van der Waals surface area contributed by atoms with Crippen LogP contribution >= 0.6 is 0 Å².